The van der Waals surface area contributed by atoms with E-state index in [1.807, 2.05) is 11.0 Å². The van der Waals surface area contributed by atoms with Gasteiger partial charge in [0.25, 0.3) is 0 Å². The monoisotopic (exact) mass is 696 g/mol. The number of hydrogen-bond donors (Lipinski definition) is 3. The summed E-state index contributed by atoms with van der Waals surface area (Å²) in [4.78, 5) is 26.0. The summed E-state index contributed by atoms with van der Waals surface area (Å²) in [5, 5.41) is 16.6. The molecule has 4 atom stereocenters. The van der Waals surface area contributed by atoms with Crippen LogP contribution in [-0.2, 0) is 4.79 Å². The molecule has 4 aliphatic rings. The van der Waals surface area contributed by atoms with E-state index in [9.17, 15) is 18.8 Å². The standard InChI is InChI=1S/C33H32ClF3N8O2S/c34-21-9-19-27(26(37)25(21)18-4-5-22(36)28-24(18)20(11-38)29(39)48-28)42-32(47-15-33-6-2-8-45(33)13-16(35)10-33)43-30(19)44-7-1-3-17(14-44)41-31(46)23-12-40-23/h4-5,9,16-17,23,40H,1-3,6-8,10,12-15,39H2,(H,41,46)/t16-,17+,23-,33+/m1/s1. The molecule has 4 N–H and O–H groups in total. The molecule has 0 spiro atoms. The Kier molecular flexibility index (Phi) is 7.78. The highest BCUT2D eigenvalue weighted by Crippen LogP contribution is 2.46. The van der Waals surface area contributed by atoms with Gasteiger partial charge in [0, 0.05) is 55.0 Å². The van der Waals surface area contributed by atoms with Crippen molar-refractivity contribution in [2.45, 2.75) is 55.9 Å². The average molecular weight is 697 g/mol. The minimum absolute atomic E-state index is 0.0159. The molecule has 2 aromatic heterocycles. The van der Waals surface area contributed by atoms with E-state index < -0.39 is 23.3 Å². The Hall–Kier alpha value is -3.90. The van der Waals surface area contributed by atoms with Crippen LogP contribution in [-0.4, -0.2) is 83.9 Å². The Morgan fingerprint density at radius 1 is 1.27 bits per heavy atom. The number of alkyl halides is 1. The number of anilines is 2. The number of thiophene rings is 1. The fourth-order valence-electron chi connectivity index (χ4n) is 7.70. The van der Waals surface area contributed by atoms with E-state index >= 15 is 4.39 Å². The molecule has 10 nitrogen and oxygen atoms in total. The summed E-state index contributed by atoms with van der Waals surface area (Å²) >= 11 is 7.75. The maximum absolute atomic E-state index is 17.0. The number of halogens is 4. The van der Waals surface area contributed by atoms with E-state index in [4.69, 9.17) is 27.1 Å². The van der Waals surface area contributed by atoms with Crippen molar-refractivity contribution in [1.82, 2.24) is 25.5 Å². The molecule has 6 heterocycles. The second-order valence-electron chi connectivity index (χ2n) is 13.1. The first kappa shape index (κ1) is 31.4. The molecule has 250 valence electrons. The first-order chi connectivity index (χ1) is 23.2. The van der Waals surface area contributed by atoms with E-state index in [0.717, 1.165) is 43.6 Å². The minimum atomic E-state index is -0.951. The van der Waals surface area contributed by atoms with Crippen molar-refractivity contribution < 1.29 is 22.7 Å². The third-order valence-electron chi connectivity index (χ3n) is 10.1. The van der Waals surface area contributed by atoms with Gasteiger partial charge in [0.05, 0.1) is 26.9 Å². The van der Waals surface area contributed by atoms with Crippen LogP contribution in [0.2, 0.25) is 5.02 Å². The fourth-order valence-corrected chi connectivity index (χ4v) is 8.95. The summed E-state index contributed by atoms with van der Waals surface area (Å²) in [5.74, 6) is -1.05. The van der Waals surface area contributed by atoms with Crippen LogP contribution in [0.15, 0.2) is 18.2 Å². The van der Waals surface area contributed by atoms with Gasteiger partial charge in [-0.1, -0.05) is 17.7 Å². The molecule has 0 unspecified atom stereocenters. The molecular weight excluding hydrogens is 665 g/mol. The number of benzene rings is 2. The van der Waals surface area contributed by atoms with Crippen molar-refractivity contribution in [2.75, 3.05) is 50.0 Å². The number of amides is 1. The van der Waals surface area contributed by atoms with Gasteiger partial charge in [0.2, 0.25) is 5.91 Å². The molecule has 4 aromatic rings. The number of nitrogens with zero attached hydrogens (tertiary/aromatic N) is 5. The summed E-state index contributed by atoms with van der Waals surface area (Å²) in [6.45, 7) is 2.93. The summed E-state index contributed by atoms with van der Waals surface area (Å²) in [5.41, 5.74) is 5.70. The lowest BCUT2D eigenvalue weighted by Crippen LogP contribution is -2.49. The Morgan fingerprint density at radius 2 is 2.10 bits per heavy atom. The molecule has 4 fully saturated rings. The third-order valence-corrected chi connectivity index (χ3v) is 11.4. The Morgan fingerprint density at radius 3 is 2.90 bits per heavy atom. The molecule has 0 aliphatic carbocycles. The van der Waals surface area contributed by atoms with Crippen LogP contribution in [0.1, 0.15) is 37.7 Å². The second kappa shape index (κ2) is 11.9. The zero-order chi connectivity index (χ0) is 33.3. The average Bonchev–Trinajstić information content (AvgIpc) is 3.67. The van der Waals surface area contributed by atoms with Crippen LogP contribution in [0.5, 0.6) is 6.01 Å². The van der Waals surface area contributed by atoms with Crippen LogP contribution in [0.3, 0.4) is 0 Å². The van der Waals surface area contributed by atoms with Crippen LogP contribution in [0, 0.1) is 23.0 Å². The van der Waals surface area contributed by atoms with E-state index in [1.54, 1.807) is 6.07 Å². The lowest BCUT2D eigenvalue weighted by Gasteiger charge is -2.35. The highest BCUT2D eigenvalue weighted by molar-refractivity contribution is 7.23. The topological polar surface area (TPSA) is 142 Å². The van der Waals surface area contributed by atoms with Crippen molar-refractivity contribution in [3.8, 4) is 23.2 Å². The van der Waals surface area contributed by atoms with Crippen molar-refractivity contribution in [1.29, 1.82) is 5.26 Å². The molecule has 0 bridgehead atoms. The Bertz CT molecular complexity index is 2020. The lowest BCUT2D eigenvalue weighted by molar-refractivity contribution is -0.121. The normalized spacial score (nSPS) is 25.4. The SMILES string of the molecule is N#Cc1c(N)sc2c(F)ccc(-c3c(Cl)cc4c(N5CCC[C@H](NC(=O)[C@H]6CN6)C5)nc(OC[C@@]56CCCN5C[C@H](F)C6)nc4c3F)c12. The lowest BCUT2D eigenvalue weighted by atomic mass is 9.95. The molecule has 4 saturated heterocycles. The minimum Gasteiger partial charge on any atom is -0.461 e. The first-order valence-corrected chi connectivity index (χ1v) is 17.3. The van der Waals surface area contributed by atoms with Crippen molar-refractivity contribution >= 4 is 60.7 Å². The summed E-state index contributed by atoms with van der Waals surface area (Å²) in [6.07, 6.45) is 2.62. The number of nitrogens with one attached hydrogen (secondary N) is 2. The number of nitriles is 1. The smallest absolute Gasteiger partial charge is 0.319 e. The van der Waals surface area contributed by atoms with Crippen molar-refractivity contribution in [2.24, 2.45) is 0 Å². The quantitative estimate of drug-likeness (QED) is 0.230. The van der Waals surface area contributed by atoms with E-state index in [1.165, 1.54) is 12.1 Å². The molecule has 48 heavy (non-hydrogen) atoms. The van der Waals surface area contributed by atoms with Crippen molar-refractivity contribution in [3.05, 3.63) is 40.4 Å². The van der Waals surface area contributed by atoms with Crippen LogP contribution in [0.4, 0.5) is 24.0 Å². The largest absolute Gasteiger partial charge is 0.461 e. The molecule has 2 aromatic carbocycles. The zero-order valence-electron chi connectivity index (χ0n) is 25.8. The van der Waals surface area contributed by atoms with Gasteiger partial charge in [-0.15, -0.1) is 11.3 Å². The first-order valence-electron chi connectivity index (χ1n) is 16.1. The van der Waals surface area contributed by atoms with Crippen LogP contribution in [0.25, 0.3) is 32.1 Å². The molecule has 0 radical (unpaired) electrons. The highest BCUT2D eigenvalue weighted by atomic mass is 35.5. The second-order valence-corrected chi connectivity index (χ2v) is 14.6. The van der Waals surface area contributed by atoms with Gasteiger partial charge in [-0.2, -0.15) is 15.2 Å². The van der Waals surface area contributed by atoms with Gasteiger partial charge >= 0.3 is 6.01 Å². The van der Waals surface area contributed by atoms with E-state index in [-0.39, 0.29) is 72.9 Å². The number of carbonyl (C=O) groups excluding carboxylic acids is 1. The number of nitrogens with two attached hydrogens (primary N) is 1. The van der Waals surface area contributed by atoms with Gasteiger partial charge < -0.3 is 26.0 Å². The molecule has 15 heteroatoms. The van der Waals surface area contributed by atoms with Gasteiger partial charge in [-0.25, -0.2) is 13.2 Å². The summed E-state index contributed by atoms with van der Waals surface area (Å²) in [7, 11) is 0. The Labute approximate surface area is 283 Å². The summed E-state index contributed by atoms with van der Waals surface area (Å²) < 4.78 is 52.7. The number of nitrogen functional groups attached to an aromatic ring is 1. The Balaban J connectivity index is 1.24. The van der Waals surface area contributed by atoms with Crippen LogP contribution < -0.4 is 26.0 Å². The molecule has 8 rings (SSSR count). The maximum Gasteiger partial charge on any atom is 0.319 e. The number of hydrogen-bond acceptors (Lipinski definition) is 10. The van der Waals surface area contributed by atoms with Gasteiger partial charge in [0.15, 0.2) is 5.82 Å². The number of carbonyl (C=O) groups is 1. The van der Waals surface area contributed by atoms with Crippen molar-refractivity contribution in [3.63, 3.8) is 0 Å². The number of ether oxygens (including phenoxy) is 1. The highest BCUT2D eigenvalue weighted by Gasteiger charge is 2.49. The van der Waals surface area contributed by atoms with E-state index in [2.05, 4.69) is 20.5 Å². The molecule has 1 amide bonds. The van der Waals surface area contributed by atoms with Gasteiger partial charge in [0.1, 0.15) is 41.0 Å². The summed E-state index contributed by atoms with van der Waals surface area (Å²) in [6, 6.07) is 5.77. The molecular formula is C33H32ClF3N8O2S. The number of rotatable bonds is 7. The number of aromatic nitrogens is 2. The zero-order valence-corrected chi connectivity index (χ0v) is 27.4. The molecule has 0 saturated carbocycles. The molecule has 4 aliphatic heterocycles. The number of fused-ring (bicyclic) bond motifs is 3. The third kappa shape index (κ3) is 5.28. The predicted octanol–water partition coefficient (Wildman–Crippen LogP) is 4.91. The number of piperidine rings is 1. The van der Waals surface area contributed by atoms with E-state index in [0.29, 0.717) is 43.8 Å². The maximum atomic E-state index is 17.0. The van der Waals surface area contributed by atoms with Gasteiger partial charge in [-0.05, 0) is 49.9 Å². The van der Waals surface area contributed by atoms with Crippen LogP contribution >= 0.6 is 22.9 Å². The van der Waals surface area contributed by atoms with Gasteiger partial charge in [-0.3, -0.25) is 9.69 Å². The predicted molar refractivity (Wildman–Crippen MR) is 178 cm³/mol. The fraction of sp³-hybridized carbons (Fsp3) is 0.455.